The third kappa shape index (κ3) is 14.2. The Hall–Kier alpha value is -4.10. The van der Waals surface area contributed by atoms with E-state index >= 15 is 0 Å². The van der Waals surface area contributed by atoms with Gasteiger partial charge < -0.3 is 14.3 Å². The van der Waals surface area contributed by atoms with E-state index < -0.39 is 7.82 Å². The molecule has 1 unspecified atom stereocenters. The number of likely N-dealkylation sites (N-methyl/N-ethyl adjacent to an activating group) is 1. The number of phosphoric acid groups is 1. The van der Waals surface area contributed by atoms with Crippen molar-refractivity contribution in [3.05, 3.63) is 132 Å². The zero-order chi connectivity index (χ0) is 47.9. The minimum Gasteiger partial charge on any atom is -0.344 e. The maximum Gasteiger partial charge on any atom is 0.472 e. The van der Waals surface area contributed by atoms with Crippen molar-refractivity contribution in [1.82, 2.24) is 0 Å². The van der Waals surface area contributed by atoms with Crippen molar-refractivity contribution in [2.45, 2.75) is 141 Å². The van der Waals surface area contributed by atoms with Crippen molar-refractivity contribution < 1.29 is 27.6 Å². The normalized spacial score (nSPS) is 17.3. The van der Waals surface area contributed by atoms with Gasteiger partial charge >= 0.3 is 7.82 Å². The van der Waals surface area contributed by atoms with Crippen molar-refractivity contribution in [1.29, 1.82) is 0 Å². The van der Waals surface area contributed by atoms with Crippen LogP contribution in [0.1, 0.15) is 142 Å². The molecule has 0 aliphatic carbocycles. The van der Waals surface area contributed by atoms with Crippen molar-refractivity contribution >= 4 is 46.5 Å². The molecule has 0 spiro atoms. The summed E-state index contributed by atoms with van der Waals surface area (Å²) in [6, 6.07) is 26.8. The maximum atomic E-state index is 12.0. The highest BCUT2D eigenvalue weighted by Gasteiger charge is 2.44. The Morgan fingerprint density at radius 3 is 1.69 bits per heavy atom. The summed E-state index contributed by atoms with van der Waals surface area (Å²) in [4.78, 5) is 12.5. The van der Waals surface area contributed by atoms with Gasteiger partial charge in [0.05, 0.1) is 33.2 Å². The number of unbranched alkanes of at least 4 members (excludes halogenated alkanes) is 15. The molecule has 4 aromatic carbocycles. The molecule has 0 saturated carbocycles. The highest BCUT2D eigenvalue weighted by Crippen LogP contribution is 2.51. The minimum atomic E-state index is -3.93. The van der Waals surface area contributed by atoms with Crippen LogP contribution in [0, 0.1) is 0 Å². The van der Waals surface area contributed by atoms with Gasteiger partial charge in [-0.3, -0.25) is 9.05 Å². The number of rotatable bonds is 28. The van der Waals surface area contributed by atoms with Gasteiger partial charge in [-0.05, 0) is 72.0 Å². The van der Waals surface area contributed by atoms with Gasteiger partial charge in [-0.15, -0.1) is 0 Å². The van der Waals surface area contributed by atoms with Crippen LogP contribution in [-0.2, 0) is 24.4 Å². The van der Waals surface area contributed by atoms with E-state index in [1.807, 2.05) is 21.1 Å². The summed E-state index contributed by atoms with van der Waals surface area (Å²) in [6.07, 6.45) is 35.5. The molecule has 4 aromatic rings. The second-order valence-electron chi connectivity index (χ2n) is 21.2. The van der Waals surface area contributed by atoms with Gasteiger partial charge in [-0.1, -0.05) is 189 Å². The molecule has 1 N–H and O–H groups in total. The van der Waals surface area contributed by atoms with E-state index in [-0.39, 0.29) is 24.0 Å². The maximum absolute atomic E-state index is 12.0. The number of fused-ring (bicyclic) bond motifs is 6. The lowest BCUT2D eigenvalue weighted by Gasteiger charge is -2.27. The fraction of sp³-hybridized carbons (Fsp3) is 0.508. The first-order valence-electron chi connectivity index (χ1n) is 25.7. The second kappa shape index (κ2) is 24.4. The van der Waals surface area contributed by atoms with Crippen LogP contribution in [0.25, 0.3) is 21.5 Å². The van der Waals surface area contributed by atoms with Crippen LogP contribution in [0.15, 0.2) is 121 Å². The first kappa shape index (κ1) is 52.3. The van der Waals surface area contributed by atoms with Crippen molar-refractivity contribution in [3.63, 3.8) is 0 Å². The smallest absolute Gasteiger partial charge is 0.344 e. The van der Waals surface area contributed by atoms with Crippen LogP contribution in [-0.4, -0.2) is 74.2 Å². The number of nitrogens with zero attached hydrogens (tertiary/aromatic N) is 3. The van der Waals surface area contributed by atoms with E-state index in [2.05, 4.69) is 160 Å². The molecule has 2 heterocycles. The lowest BCUT2D eigenvalue weighted by atomic mass is 9.79. The Kier molecular flexibility index (Phi) is 19.1. The van der Waals surface area contributed by atoms with Gasteiger partial charge in [0, 0.05) is 41.1 Å². The summed E-state index contributed by atoms with van der Waals surface area (Å²) >= 11 is 0. The number of anilines is 1. The minimum absolute atomic E-state index is 0.0871. The van der Waals surface area contributed by atoms with Gasteiger partial charge in [0.15, 0.2) is 5.71 Å². The quantitative estimate of drug-likeness (QED) is 0.0202. The SMILES string of the molecule is C[N+]1=C(/C=C/C=C/C=C/C=C2/N(CCCCCCCCCCCCCCCCCCOP(=O)(O)OCC[N+](C)(C)C)c3ccc4ccccc4c3C2(C)C)C(C)(C)c2c1ccc1ccccc21. The average Bonchev–Trinajstić information content (AvgIpc) is 3.63. The first-order chi connectivity index (χ1) is 32.1. The van der Waals surface area contributed by atoms with Crippen molar-refractivity contribution in [2.75, 3.05) is 59.4 Å². The third-order valence-corrected chi connectivity index (χ3v) is 15.2. The third-order valence-electron chi connectivity index (χ3n) is 14.1. The Morgan fingerprint density at radius 2 is 1.09 bits per heavy atom. The molecule has 0 radical (unpaired) electrons. The number of benzene rings is 4. The van der Waals surface area contributed by atoms with Crippen LogP contribution >= 0.6 is 7.82 Å². The van der Waals surface area contributed by atoms with Crippen molar-refractivity contribution in [2.24, 2.45) is 0 Å². The molecule has 0 saturated heterocycles. The standard InChI is InChI=1S/C59H83N3O4P/c1-58(2)54(60(5)52-42-40-48-34-28-30-36-50(48)56(52)58)38-26-22-21-23-27-39-55-59(3,4)57-51-37-31-29-35-49(51)41-43-53(57)61(55)44-32-24-19-17-15-13-11-9-10-12-14-16-18-20-25-33-46-65-67(63,64)66-47-45-62(6,7)8/h21-23,26-31,34-43H,9-20,24-25,32-33,44-47H2,1-8H3/q+1/p+1. The molecular weight excluding hydrogens is 846 g/mol. The second-order valence-corrected chi connectivity index (χ2v) is 22.6. The molecular formula is C59H84N3O4P+2. The van der Waals surface area contributed by atoms with Crippen LogP contribution < -0.4 is 4.90 Å². The zero-order valence-corrected chi connectivity index (χ0v) is 43.5. The predicted octanol–water partition coefficient (Wildman–Crippen LogP) is 15.4. The van der Waals surface area contributed by atoms with E-state index in [0.717, 1.165) is 25.8 Å². The predicted molar refractivity (Wildman–Crippen MR) is 286 cm³/mol. The Bertz CT molecular complexity index is 2450. The summed E-state index contributed by atoms with van der Waals surface area (Å²) in [7, 11) is 4.33. The molecule has 0 aromatic heterocycles. The van der Waals surface area contributed by atoms with E-state index in [9.17, 15) is 9.46 Å². The number of phosphoric ester groups is 1. The van der Waals surface area contributed by atoms with Gasteiger partial charge in [0.2, 0.25) is 5.69 Å². The summed E-state index contributed by atoms with van der Waals surface area (Å²) in [5.41, 5.74) is 8.02. The zero-order valence-electron chi connectivity index (χ0n) is 42.6. The van der Waals surface area contributed by atoms with E-state index in [4.69, 9.17) is 9.05 Å². The lowest BCUT2D eigenvalue weighted by Crippen LogP contribution is -2.37. The highest BCUT2D eigenvalue weighted by molar-refractivity contribution is 7.47. The molecule has 0 bridgehead atoms. The Labute approximate surface area is 405 Å². The fourth-order valence-corrected chi connectivity index (χ4v) is 11.2. The van der Waals surface area contributed by atoms with Crippen LogP contribution in [0.2, 0.25) is 0 Å². The van der Waals surface area contributed by atoms with Gasteiger partial charge in [-0.2, -0.15) is 4.58 Å². The van der Waals surface area contributed by atoms with Crippen molar-refractivity contribution in [3.8, 4) is 0 Å². The van der Waals surface area contributed by atoms with E-state index in [1.165, 1.54) is 139 Å². The average molecular weight is 930 g/mol. The molecule has 0 fully saturated rings. The summed E-state index contributed by atoms with van der Waals surface area (Å²) in [5, 5.41) is 5.32. The lowest BCUT2D eigenvalue weighted by molar-refractivity contribution is -0.870. The molecule has 0 amide bonds. The number of quaternary nitrogens is 1. The molecule has 67 heavy (non-hydrogen) atoms. The Balaban J connectivity index is 0.886. The number of hydrogen-bond donors (Lipinski definition) is 1. The first-order valence-corrected chi connectivity index (χ1v) is 27.2. The summed E-state index contributed by atoms with van der Waals surface area (Å²) in [6.45, 7) is 11.7. The number of allylic oxidation sites excluding steroid dienone is 8. The largest absolute Gasteiger partial charge is 0.472 e. The van der Waals surface area contributed by atoms with Crippen LogP contribution in [0.3, 0.4) is 0 Å². The number of hydrogen-bond acceptors (Lipinski definition) is 4. The molecule has 2 aliphatic heterocycles. The van der Waals surface area contributed by atoms with Gasteiger partial charge in [-0.25, -0.2) is 4.57 Å². The summed E-state index contributed by atoms with van der Waals surface area (Å²) < 4.78 is 25.3. The fourth-order valence-electron chi connectivity index (χ4n) is 10.4. The molecule has 6 rings (SSSR count). The van der Waals surface area contributed by atoms with Gasteiger partial charge in [0.25, 0.3) is 0 Å². The molecule has 362 valence electrons. The monoisotopic (exact) mass is 930 g/mol. The van der Waals surface area contributed by atoms with E-state index in [1.54, 1.807) is 0 Å². The molecule has 7 nitrogen and oxygen atoms in total. The topological polar surface area (TPSA) is 62.0 Å². The van der Waals surface area contributed by atoms with Gasteiger partial charge in [0.1, 0.15) is 20.2 Å². The summed E-state index contributed by atoms with van der Waals surface area (Å²) in [5.74, 6) is 0. The molecule has 2 aliphatic rings. The Morgan fingerprint density at radius 1 is 0.597 bits per heavy atom. The highest BCUT2D eigenvalue weighted by atomic mass is 31.2. The van der Waals surface area contributed by atoms with E-state index in [0.29, 0.717) is 11.0 Å². The molecule has 1 atom stereocenters. The van der Waals surface area contributed by atoms with Crippen LogP contribution in [0.5, 0.6) is 0 Å². The van der Waals surface area contributed by atoms with Crippen LogP contribution in [0.4, 0.5) is 11.4 Å². The molecule has 8 heteroatoms.